The Bertz CT molecular complexity index is 1690. The first-order valence-corrected chi connectivity index (χ1v) is 15.4. The molecule has 0 aliphatic carbocycles. The van der Waals surface area contributed by atoms with E-state index in [1.165, 1.54) is 5.56 Å². The number of para-hydroxylation sites is 1. The normalized spacial score (nSPS) is 11.0. The second-order valence-corrected chi connectivity index (χ2v) is 10.7. The molecule has 4 aromatic carbocycles. The number of hydrogen-bond acceptors (Lipinski definition) is 5. The number of ether oxygens (including phenoxy) is 2. The van der Waals surface area contributed by atoms with E-state index in [0.29, 0.717) is 24.5 Å². The summed E-state index contributed by atoms with van der Waals surface area (Å²) in [5, 5.41) is 3.92. The fourth-order valence-corrected chi connectivity index (χ4v) is 5.48. The van der Waals surface area contributed by atoms with E-state index in [4.69, 9.17) is 13.9 Å². The van der Waals surface area contributed by atoms with Gasteiger partial charge in [-0.2, -0.15) is 0 Å². The van der Waals surface area contributed by atoms with Crippen LogP contribution in [0.15, 0.2) is 101 Å². The summed E-state index contributed by atoms with van der Waals surface area (Å²) in [5.41, 5.74) is 6.38. The Kier molecular flexibility index (Phi) is 10.5. The van der Waals surface area contributed by atoms with Gasteiger partial charge in [0.1, 0.15) is 17.1 Å². The molecule has 0 radical (unpaired) electrons. The number of anilines is 1. The minimum absolute atomic E-state index is 0.105. The van der Waals surface area contributed by atoms with Gasteiger partial charge in [-0.3, -0.25) is 4.79 Å². The molecular weight excluding hydrogens is 550 g/mol. The number of aryl methyl sites for hydroxylation is 2. The Balaban J connectivity index is 1.59. The lowest BCUT2D eigenvalue weighted by molar-refractivity contribution is -0.152. The lowest BCUT2D eigenvalue weighted by Crippen LogP contribution is -2.26. The number of rotatable bonds is 13. The zero-order chi connectivity index (χ0) is 30.7. The van der Waals surface area contributed by atoms with Crippen LogP contribution in [0.2, 0.25) is 0 Å². The fourth-order valence-electron chi connectivity index (χ4n) is 5.48. The van der Waals surface area contributed by atoms with Gasteiger partial charge >= 0.3 is 11.9 Å². The van der Waals surface area contributed by atoms with Crippen LogP contribution in [-0.2, 0) is 33.6 Å². The first kappa shape index (κ1) is 30.6. The number of nitrogens with one attached hydrogen (secondary N) is 1. The highest BCUT2D eigenvalue weighted by Gasteiger charge is 2.25. The number of carbonyl (C=O) groups excluding carboxylic acids is 2. The van der Waals surface area contributed by atoms with Crippen LogP contribution in [0.4, 0.5) is 5.69 Å². The number of fused-ring (bicyclic) bond motifs is 1. The summed E-state index contributed by atoms with van der Waals surface area (Å²) < 4.78 is 17.7. The van der Waals surface area contributed by atoms with Gasteiger partial charge in [-0.25, -0.2) is 4.79 Å². The topological polar surface area (TPSA) is 77.8 Å². The lowest BCUT2D eigenvalue weighted by atomic mass is 9.91. The molecule has 6 nitrogen and oxygen atoms in total. The van der Waals surface area contributed by atoms with Crippen molar-refractivity contribution >= 4 is 28.5 Å². The standard InChI is InChI=1S/C38H39NO5/c1-3-5-21-34-31(30-20-12-13-22-33(30)44-34)26-32-29(28-18-10-7-11-19-28)23-24-35(36(32)39-37(40)38(41)42-4-2)43-25-14-17-27-15-8-6-9-16-27/h6-13,15-16,18-20,22-24H,3-5,14,17,21,25-26H2,1-2H3,(H,39,40). The monoisotopic (exact) mass is 589 g/mol. The van der Waals surface area contributed by atoms with Gasteiger partial charge in [0.25, 0.3) is 0 Å². The molecule has 1 heterocycles. The molecule has 0 fully saturated rings. The van der Waals surface area contributed by atoms with E-state index < -0.39 is 11.9 Å². The summed E-state index contributed by atoms with van der Waals surface area (Å²) in [6.07, 6.45) is 4.97. The van der Waals surface area contributed by atoms with E-state index in [-0.39, 0.29) is 6.61 Å². The fraction of sp³-hybridized carbons (Fsp3) is 0.263. The Hall–Kier alpha value is -4.84. The molecule has 226 valence electrons. The second-order valence-electron chi connectivity index (χ2n) is 10.7. The van der Waals surface area contributed by atoms with E-state index in [1.54, 1.807) is 6.92 Å². The number of furan rings is 1. The number of amides is 1. The van der Waals surface area contributed by atoms with Crippen molar-refractivity contribution in [1.82, 2.24) is 0 Å². The van der Waals surface area contributed by atoms with Crippen LogP contribution in [0.25, 0.3) is 22.1 Å². The van der Waals surface area contributed by atoms with Crippen molar-refractivity contribution in [2.75, 3.05) is 18.5 Å². The van der Waals surface area contributed by atoms with E-state index in [2.05, 4.69) is 30.4 Å². The van der Waals surface area contributed by atoms with Gasteiger partial charge in [0.2, 0.25) is 0 Å². The molecule has 5 aromatic rings. The molecule has 44 heavy (non-hydrogen) atoms. The summed E-state index contributed by atoms with van der Waals surface area (Å²) in [5.74, 6) is -0.330. The number of esters is 1. The van der Waals surface area contributed by atoms with Crippen molar-refractivity contribution in [3.63, 3.8) is 0 Å². The molecule has 1 N–H and O–H groups in total. The van der Waals surface area contributed by atoms with Crippen LogP contribution in [0, 0.1) is 0 Å². The van der Waals surface area contributed by atoms with Crippen LogP contribution in [0.5, 0.6) is 5.75 Å². The highest BCUT2D eigenvalue weighted by atomic mass is 16.5. The number of carbonyl (C=O) groups is 2. The van der Waals surface area contributed by atoms with Crippen LogP contribution in [0.1, 0.15) is 55.6 Å². The number of hydrogen-bond donors (Lipinski definition) is 1. The van der Waals surface area contributed by atoms with Gasteiger partial charge in [-0.1, -0.05) is 98.3 Å². The first-order valence-electron chi connectivity index (χ1n) is 15.4. The predicted octanol–water partition coefficient (Wildman–Crippen LogP) is 8.55. The molecule has 0 aliphatic rings. The molecule has 0 atom stereocenters. The maximum atomic E-state index is 13.1. The molecule has 5 rings (SSSR count). The van der Waals surface area contributed by atoms with Crippen molar-refractivity contribution < 1.29 is 23.5 Å². The van der Waals surface area contributed by atoms with Crippen molar-refractivity contribution in [2.24, 2.45) is 0 Å². The molecule has 0 unspecified atom stereocenters. The zero-order valence-corrected chi connectivity index (χ0v) is 25.4. The van der Waals surface area contributed by atoms with Gasteiger partial charge in [0.05, 0.1) is 18.9 Å². The van der Waals surface area contributed by atoms with Gasteiger partial charge in [-0.15, -0.1) is 0 Å². The van der Waals surface area contributed by atoms with Crippen molar-refractivity contribution in [3.05, 3.63) is 120 Å². The molecular formula is C38H39NO5. The van der Waals surface area contributed by atoms with Gasteiger partial charge in [0, 0.05) is 23.8 Å². The predicted molar refractivity (Wildman–Crippen MR) is 175 cm³/mol. The minimum Gasteiger partial charge on any atom is -0.491 e. The summed E-state index contributed by atoms with van der Waals surface area (Å²) in [4.78, 5) is 25.6. The second kappa shape index (κ2) is 15.1. The summed E-state index contributed by atoms with van der Waals surface area (Å²) >= 11 is 0. The highest BCUT2D eigenvalue weighted by molar-refractivity contribution is 6.37. The number of benzene rings is 4. The summed E-state index contributed by atoms with van der Waals surface area (Å²) in [6.45, 7) is 4.39. The first-order chi connectivity index (χ1) is 21.6. The maximum absolute atomic E-state index is 13.1. The van der Waals surface area contributed by atoms with E-state index in [0.717, 1.165) is 71.1 Å². The molecule has 1 amide bonds. The zero-order valence-electron chi connectivity index (χ0n) is 25.4. The SMILES string of the molecule is CCCCc1oc2ccccc2c1Cc1c(-c2ccccc2)ccc(OCCCc2ccccc2)c1NC(=O)C(=O)OCC. The van der Waals surface area contributed by atoms with E-state index in [9.17, 15) is 9.59 Å². The molecule has 0 aliphatic heterocycles. The average molecular weight is 590 g/mol. The molecule has 0 saturated heterocycles. The minimum atomic E-state index is -0.934. The third kappa shape index (κ3) is 7.38. The quantitative estimate of drug-likeness (QED) is 0.0846. The van der Waals surface area contributed by atoms with Gasteiger partial charge < -0.3 is 19.2 Å². The molecule has 6 heteroatoms. The van der Waals surface area contributed by atoms with Crippen LogP contribution in [0.3, 0.4) is 0 Å². The Morgan fingerprint density at radius 3 is 2.25 bits per heavy atom. The number of unbranched alkanes of at least 4 members (excludes halogenated alkanes) is 1. The molecule has 0 spiro atoms. The van der Waals surface area contributed by atoms with Crippen LogP contribution in [-0.4, -0.2) is 25.1 Å². The Morgan fingerprint density at radius 1 is 0.773 bits per heavy atom. The largest absolute Gasteiger partial charge is 0.491 e. The van der Waals surface area contributed by atoms with Crippen LogP contribution >= 0.6 is 0 Å². The maximum Gasteiger partial charge on any atom is 0.397 e. The Morgan fingerprint density at radius 2 is 1.50 bits per heavy atom. The smallest absolute Gasteiger partial charge is 0.397 e. The lowest BCUT2D eigenvalue weighted by Gasteiger charge is -2.20. The van der Waals surface area contributed by atoms with E-state index >= 15 is 0 Å². The van der Waals surface area contributed by atoms with Gasteiger partial charge in [-0.05, 0) is 60.6 Å². The third-order valence-corrected chi connectivity index (χ3v) is 7.66. The molecule has 0 saturated carbocycles. The summed E-state index contributed by atoms with van der Waals surface area (Å²) in [6, 6.07) is 32.3. The average Bonchev–Trinajstić information content (AvgIpc) is 3.41. The van der Waals surface area contributed by atoms with Crippen molar-refractivity contribution in [3.8, 4) is 16.9 Å². The highest BCUT2D eigenvalue weighted by Crippen LogP contribution is 2.40. The Labute approximate surface area is 259 Å². The molecule has 1 aromatic heterocycles. The van der Waals surface area contributed by atoms with E-state index in [1.807, 2.05) is 78.9 Å². The molecule has 0 bridgehead atoms. The van der Waals surface area contributed by atoms with Gasteiger partial charge in [0.15, 0.2) is 0 Å². The third-order valence-electron chi connectivity index (χ3n) is 7.66. The summed E-state index contributed by atoms with van der Waals surface area (Å²) in [7, 11) is 0. The van der Waals surface area contributed by atoms with Crippen molar-refractivity contribution in [2.45, 2.75) is 52.4 Å². The van der Waals surface area contributed by atoms with Crippen LogP contribution < -0.4 is 10.1 Å². The van der Waals surface area contributed by atoms with Crippen molar-refractivity contribution in [1.29, 1.82) is 0 Å².